The van der Waals surface area contributed by atoms with Gasteiger partial charge in [-0.05, 0) is 6.42 Å². The Bertz CT molecular complexity index is 137. The maximum Gasteiger partial charge on any atom is 0.406 e. The van der Waals surface area contributed by atoms with Crippen LogP contribution in [0.3, 0.4) is 0 Å². The van der Waals surface area contributed by atoms with Crippen LogP contribution in [-0.4, -0.2) is 19.7 Å². The Kier molecular flexibility index (Phi) is 5.26. The molecule has 3 nitrogen and oxygen atoms in total. The molecule has 0 atom stereocenters. The number of hydrogen-bond donors (Lipinski definition) is 1. The summed E-state index contributed by atoms with van der Waals surface area (Å²) >= 11 is 0. The maximum absolute atomic E-state index is 10.4. The van der Waals surface area contributed by atoms with Crippen LogP contribution in [0.1, 0.15) is 12.8 Å². The van der Waals surface area contributed by atoms with Crippen molar-refractivity contribution in [1.29, 1.82) is 0 Å². The van der Waals surface area contributed by atoms with Gasteiger partial charge in [-0.3, -0.25) is 0 Å². The summed E-state index contributed by atoms with van der Waals surface area (Å²) in [5.41, 5.74) is 0. The standard InChI is InChI=1S/C7H11NO2/c1-3-4-5-6-8-7(9)10-2/h1H,4-6H2,2H3,(H,8,9). The molecule has 0 aromatic rings. The highest BCUT2D eigenvalue weighted by Gasteiger charge is 1.93. The summed E-state index contributed by atoms with van der Waals surface area (Å²) in [4.78, 5) is 10.4. The van der Waals surface area contributed by atoms with Gasteiger partial charge in [-0.25, -0.2) is 4.79 Å². The van der Waals surface area contributed by atoms with Gasteiger partial charge in [-0.2, -0.15) is 0 Å². The van der Waals surface area contributed by atoms with Crippen molar-refractivity contribution in [3.63, 3.8) is 0 Å². The lowest BCUT2D eigenvalue weighted by Crippen LogP contribution is -2.23. The highest BCUT2D eigenvalue weighted by molar-refractivity contribution is 5.66. The van der Waals surface area contributed by atoms with E-state index < -0.39 is 6.09 Å². The summed E-state index contributed by atoms with van der Waals surface area (Å²) in [6.07, 6.45) is 6.06. The number of terminal acetylenes is 1. The van der Waals surface area contributed by atoms with Gasteiger partial charge in [0.1, 0.15) is 0 Å². The van der Waals surface area contributed by atoms with Gasteiger partial charge in [0.25, 0.3) is 0 Å². The lowest BCUT2D eigenvalue weighted by atomic mass is 10.3. The van der Waals surface area contributed by atoms with E-state index in [4.69, 9.17) is 6.42 Å². The Morgan fingerprint density at radius 2 is 2.50 bits per heavy atom. The SMILES string of the molecule is C#CCCCNC(=O)OC. The number of unbranched alkanes of at least 4 members (excludes halogenated alkanes) is 1. The summed E-state index contributed by atoms with van der Waals surface area (Å²) < 4.78 is 4.33. The molecule has 0 fully saturated rings. The smallest absolute Gasteiger partial charge is 0.406 e. The predicted octanol–water partition coefficient (Wildman–Crippen LogP) is 0.756. The van der Waals surface area contributed by atoms with E-state index in [1.54, 1.807) is 0 Å². The highest BCUT2D eigenvalue weighted by Crippen LogP contribution is 1.82. The zero-order valence-electron chi connectivity index (χ0n) is 6.02. The Hall–Kier alpha value is -1.17. The molecule has 0 saturated carbocycles. The van der Waals surface area contributed by atoms with Crippen LogP contribution < -0.4 is 5.32 Å². The first kappa shape index (κ1) is 8.83. The van der Waals surface area contributed by atoms with Crippen molar-refractivity contribution in [3.8, 4) is 12.3 Å². The Balaban J connectivity index is 3.05. The normalized spacial score (nSPS) is 8.00. The number of hydrogen-bond acceptors (Lipinski definition) is 2. The number of methoxy groups -OCH3 is 1. The van der Waals surface area contributed by atoms with Crippen molar-refractivity contribution >= 4 is 6.09 Å². The number of carbonyl (C=O) groups is 1. The Morgan fingerprint density at radius 3 is 3.00 bits per heavy atom. The Labute approximate surface area is 60.8 Å². The number of amides is 1. The summed E-state index contributed by atoms with van der Waals surface area (Å²) in [5, 5.41) is 2.51. The lowest BCUT2D eigenvalue weighted by molar-refractivity contribution is 0.171. The summed E-state index contributed by atoms with van der Waals surface area (Å²) in [6.45, 7) is 0.580. The van der Waals surface area contributed by atoms with E-state index in [0.717, 1.165) is 6.42 Å². The largest absolute Gasteiger partial charge is 0.453 e. The van der Waals surface area contributed by atoms with Gasteiger partial charge in [-0.15, -0.1) is 12.3 Å². The summed E-state index contributed by atoms with van der Waals surface area (Å²) in [7, 11) is 1.33. The second kappa shape index (κ2) is 5.96. The third-order valence-electron chi connectivity index (χ3n) is 0.953. The number of nitrogens with one attached hydrogen (secondary N) is 1. The Morgan fingerprint density at radius 1 is 1.80 bits per heavy atom. The van der Waals surface area contributed by atoms with E-state index in [9.17, 15) is 4.79 Å². The molecule has 1 N–H and O–H groups in total. The maximum atomic E-state index is 10.4. The molecule has 56 valence electrons. The number of ether oxygens (including phenoxy) is 1. The monoisotopic (exact) mass is 141 g/mol. The molecule has 0 aromatic heterocycles. The fraction of sp³-hybridized carbons (Fsp3) is 0.571. The van der Waals surface area contributed by atoms with E-state index in [1.165, 1.54) is 7.11 Å². The average molecular weight is 141 g/mol. The number of rotatable bonds is 3. The molecule has 0 aromatic carbocycles. The predicted molar refractivity (Wildman–Crippen MR) is 38.5 cm³/mol. The van der Waals surface area contributed by atoms with Crippen molar-refractivity contribution in [2.45, 2.75) is 12.8 Å². The van der Waals surface area contributed by atoms with Crippen LogP contribution in [0.4, 0.5) is 4.79 Å². The van der Waals surface area contributed by atoms with Gasteiger partial charge in [-0.1, -0.05) is 0 Å². The van der Waals surface area contributed by atoms with Crippen molar-refractivity contribution in [1.82, 2.24) is 5.32 Å². The fourth-order valence-corrected chi connectivity index (χ4v) is 0.453. The first-order valence-corrected chi connectivity index (χ1v) is 3.06. The van der Waals surface area contributed by atoms with Crippen molar-refractivity contribution in [3.05, 3.63) is 0 Å². The minimum absolute atomic E-state index is 0.406. The fourth-order valence-electron chi connectivity index (χ4n) is 0.453. The molecule has 10 heavy (non-hydrogen) atoms. The molecule has 0 bridgehead atoms. The first-order valence-electron chi connectivity index (χ1n) is 3.06. The molecule has 0 unspecified atom stereocenters. The molecule has 0 saturated heterocycles. The second-order valence-corrected chi connectivity index (χ2v) is 1.73. The van der Waals surface area contributed by atoms with Gasteiger partial charge in [0.05, 0.1) is 7.11 Å². The summed E-state index contributed by atoms with van der Waals surface area (Å²) in [5.74, 6) is 2.47. The molecule has 1 amide bonds. The molecule has 0 spiro atoms. The van der Waals surface area contributed by atoms with E-state index in [-0.39, 0.29) is 0 Å². The second-order valence-electron chi connectivity index (χ2n) is 1.73. The van der Waals surface area contributed by atoms with Gasteiger partial charge >= 0.3 is 6.09 Å². The van der Waals surface area contributed by atoms with Crippen LogP contribution in [-0.2, 0) is 4.74 Å². The average Bonchev–Trinajstić information content (AvgIpc) is 1.98. The van der Waals surface area contributed by atoms with E-state index >= 15 is 0 Å². The van der Waals surface area contributed by atoms with Crippen LogP contribution in [0.15, 0.2) is 0 Å². The topological polar surface area (TPSA) is 38.3 Å². The molecule has 0 heterocycles. The quantitative estimate of drug-likeness (QED) is 0.465. The highest BCUT2D eigenvalue weighted by atomic mass is 16.5. The molecule has 0 aliphatic carbocycles. The zero-order valence-corrected chi connectivity index (χ0v) is 6.02. The van der Waals surface area contributed by atoms with Crippen LogP contribution in [0.2, 0.25) is 0 Å². The molecule has 0 radical (unpaired) electrons. The number of carbonyl (C=O) groups excluding carboxylic acids is 1. The molecular formula is C7H11NO2. The molecule has 3 heteroatoms. The molecule has 0 aliphatic rings. The van der Waals surface area contributed by atoms with Gasteiger partial charge in [0, 0.05) is 13.0 Å². The van der Waals surface area contributed by atoms with Crippen LogP contribution >= 0.6 is 0 Å². The molecular weight excluding hydrogens is 130 g/mol. The third kappa shape index (κ3) is 4.98. The van der Waals surface area contributed by atoms with E-state index in [0.29, 0.717) is 13.0 Å². The van der Waals surface area contributed by atoms with E-state index in [1.807, 2.05) is 0 Å². The van der Waals surface area contributed by atoms with Crippen LogP contribution in [0.25, 0.3) is 0 Å². The van der Waals surface area contributed by atoms with Gasteiger partial charge in [0.15, 0.2) is 0 Å². The van der Waals surface area contributed by atoms with Crippen LogP contribution in [0, 0.1) is 12.3 Å². The van der Waals surface area contributed by atoms with Gasteiger partial charge in [0.2, 0.25) is 0 Å². The van der Waals surface area contributed by atoms with Crippen molar-refractivity contribution in [2.75, 3.05) is 13.7 Å². The molecule has 0 rings (SSSR count). The van der Waals surface area contributed by atoms with E-state index in [2.05, 4.69) is 16.0 Å². The minimum Gasteiger partial charge on any atom is -0.453 e. The van der Waals surface area contributed by atoms with Crippen molar-refractivity contribution < 1.29 is 9.53 Å². The van der Waals surface area contributed by atoms with Crippen LogP contribution in [0.5, 0.6) is 0 Å². The first-order chi connectivity index (χ1) is 4.81. The van der Waals surface area contributed by atoms with Crippen molar-refractivity contribution in [2.24, 2.45) is 0 Å². The third-order valence-corrected chi connectivity index (χ3v) is 0.953. The lowest BCUT2D eigenvalue weighted by Gasteiger charge is -1.99. The number of alkyl carbamates (subject to hydrolysis) is 1. The summed E-state index contributed by atoms with van der Waals surface area (Å²) in [6, 6.07) is 0. The zero-order chi connectivity index (χ0) is 7.82. The molecule has 0 aliphatic heterocycles. The minimum atomic E-state index is -0.406. The van der Waals surface area contributed by atoms with Gasteiger partial charge < -0.3 is 10.1 Å².